The molecule has 18 heavy (non-hydrogen) atoms. The summed E-state index contributed by atoms with van der Waals surface area (Å²) in [7, 11) is 0. The molecule has 1 heterocycles. The summed E-state index contributed by atoms with van der Waals surface area (Å²) in [5.41, 5.74) is 2.29. The molecule has 0 fully saturated rings. The van der Waals surface area contributed by atoms with E-state index in [0.717, 1.165) is 42.1 Å². The third-order valence-corrected chi connectivity index (χ3v) is 3.18. The van der Waals surface area contributed by atoms with E-state index in [1.807, 2.05) is 6.92 Å². The lowest BCUT2D eigenvalue weighted by atomic mass is 10.0. The summed E-state index contributed by atoms with van der Waals surface area (Å²) in [6, 6.07) is 3.91. The average Bonchev–Trinajstić information content (AvgIpc) is 2.64. The van der Waals surface area contributed by atoms with Gasteiger partial charge in [-0.3, -0.25) is 0 Å². The van der Waals surface area contributed by atoms with E-state index in [1.165, 1.54) is 12.1 Å². The van der Waals surface area contributed by atoms with Gasteiger partial charge >= 0.3 is 6.18 Å². The summed E-state index contributed by atoms with van der Waals surface area (Å²) in [5, 5.41) is 0.704. The highest BCUT2D eigenvalue weighted by molar-refractivity contribution is 5.85. The van der Waals surface area contributed by atoms with Crippen molar-refractivity contribution in [3.05, 3.63) is 35.0 Å². The van der Waals surface area contributed by atoms with Gasteiger partial charge in [-0.05, 0) is 36.6 Å². The Labute approximate surface area is 104 Å². The van der Waals surface area contributed by atoms with Crippen molar-refractivity contribution in [2.75, 3.05) is 0 Å². The van der Waals surface area contributed by atoms with E-state index >= 15 is 0 Å². The van der Waals surface area contributed by atoms with Crippen LogP contribution in [0.15, 0.2) is 18.2 Å². The van der Waals surface area contributed by atoms with E-state index in [2.05, 4.69) is 11.9 Å². The Morgan fingerprint density at radius 3 is 2.44 bits per heavy atom. The van der Waals surface area contributed by atoms with E-state index in [0.29, 0.717) is 5.39 Å². The smallest absolute Gasteiger partial charge is 0.358 e. The van der Waals surface area contributed by atoms with E-state index in [9.17, 15) is 13.2 Å². The van der Waals surface area contributed by atoms with Gasteiger partial charge < -0.3 is 4.98 Å². The number of benzene rings is 1. The maximum atomic E-state index is 12.7. The first kappa shape index (κ1) is 13.0. The first-order valence-corrected chi connectivity index (χ1v) is 6.18. The van der Waals surface area contributed by atoms with Gasteiger partial charge in [-0.1, -0.05) is 20.3 Å². The molecule has 2 rings (SSSR count). The molecular weight excluding hydrogens is 239 g/mol. The lowest BCUT2D eigenvalue weighted by Crippen LogP contribution is -2.04. The van der Waals surface area contributed by atoms with Gasteiger partial charge in [0.2, 0.25) is 0 Å². The van der Waals surface area contributed by atoms with E-state index in [4.69, 9.17) is 0 Å². The highest BCUT2D eigenvalue weighted by Crippen LogP contribution is 2.33. The minimum absolute atomic E-state index is 0.577. The van der Waals surface area contributed by atoms with Crippen molar-refractivity contribution < 1.29 is 13.2 Å². The zero-order chi connectivity index (χ0) is 13.3. The quantitative estimate of drug-likeness (QED) is 0.818. The molecule has 1 nitrogen and oxygen atoms in total. The van der Waals surface area contributed by atoms with Gasteiger partial charge in [0.05, 0.1) is 5.56 Å². The summed E-state index contributed by atoms with van der Waals surface area (Å²) < 4.78 is 38.1. The van der Waals surface area contributed by atoms with Crippen LogP contribution in [-0.4, -0.2) is 4.98 Å². The zero-order valence-corrected chi connectivity index (χ0v) is 10.5. The van der Waals surface area contributed by atoms with Gasteiger partial charge in [0, 0.05) is 16.6 Å². The number of rotatable bonds is 3. The minimum atomic E-state index is -4.28. The molecule has 0 radical (unpaired) electrons. The van der Waals surface area contributed by atoms with Crippen LogP contribution in [0.1, 0.15) is 37.1 Å². The van der Waals surface area contributed by atoms with Gasteiger partial charge in [0.15, 0.2) is 0 Å². The molecule has 0 saturated heterocycles. The fourth-order valence-electron chi connectivity index (χ4n) is 2.35. The highest BCUT2D eigenvalue weighted by Gasteiger charge is 2.30. The van der Waals surface area contributed by atoms with Gasteiger partial charge in [-0.25, -0.2) is 0 Å². The molecule has 0 amide bonds. The van der Waals surface area contributed by atoms with Crippen LogP contribution in [0.4, 0.5) is 13.2 Å². The Morgan fingerprint density at radius 2 is 1.89 bits per heavy atom. The zero-order valence-electron chi connectivity index (χ0n) is 10.5. The Balaban J connectivity index is 2.61. The van der Waals surface area contributed by atoms with Crippen LogP contribution in [-0.2, 0) is 19.0 Å². The summed E-state index contributed by atoms with van der Waals surface area (Å²) in [4.78, 5) is 3.23. The molecule has 0 atom stereocenters. The molecule has 0 aliphatic rings. The normalized spacial score (nSPS) is 12.3. The third kappa shape index (κ3) is 2.24. The lowest BCUT2D eigenvalue weighted by molar-refractivity contribution is -0.137. The first-order valence-electron chi connectivity index (χ1n) is 6.18. The molecule has 1 aromatic heterocycles. The van der Waals surface area contributed by atoms with Crippen molar-refractivity contribution in [3.8, 4) is 0 Å². The number of hydrogen-bond donors (Lipinski definition) is 1. The van der Waals surface area contributed by atoms with Crippen LogP contribution in [0, 0.1) is 0 Å². The van der Waals surface area contributed by atoms with Gasteiger partial charge in [-0.2, -0.15) is 13.2 Å². The van der Waals surface area contributed by atoms with Gasteiger partial charge in [0.25, 0.3) is 0 Å². The van der Waals surface area contributed by atoms with Crippen molar-refractivity contribution in [3.63, 3.8) is 0 Å². The fourth-order valence-corrected chi connectivity index (χ4v) is 2.35. The number of nitrogens with one attached hydrogen (secondary N) is 1. The second-order valence-corrected chi connectivity index (χ2v) is 4.44. The second kappa shape index (κ2) is 4.67. The van der Waals surface area contributed by atoms with Gasteiger partial charge in [-0.15, -0.1) is 0 Å². The van der Waals surface area contributed by atoms with Crippen molar-refractivity contribution in [1.82, 2.24) is 4.98 Å². The number of fused-ring (bicyclic) bond motifs is 1. The van der Waals surface area contributed by atoms with E-state index < -0.39 is 11.7 Å². The predicted molar refractivity (Wildman–Crippen MR) is 66.7 cm³/mol. The molecule has 1 aromatic carbocycles. The second-order valence-electron chi connectivity index (χ2n) is 4.44. The number of alkyl halides is 3. The Bertz CT molecular complexity index is 552. The summed E-state index contributed by atoms with van der Waals surface area (Å²) in [5.74, 6) is 0. The molecule has 98 valence electrons. The van der Waals surface area contributed by atoms with E-state index in [1.54, 1.807) is 0 Å². The van der Waals surface area contributed by atoms with Crippen LogP contribution in [0.3, 0.4) is 0 Å². The number of halogens is 3. The molecule has 1 N–H and O–H groups in total. The third-order valence-electron chi connectivity index (χ3n) is 3.18. The van der Waals surface area contributed by atoms with Crippen LogP contribution < -0.4 is 0 Å². The molecule has 4 heteroatoms. The average molecular weight is 255 g/mol. The number of H-pyrrole nitrogens is 1. The number of aromatic amines is 1. The van der Waals surface area contributed by atoms with Crippen molar-refractivity contribution in [2.24, 2.45) is 0 Å². The highest BCUT2D eigenvalue weighted by atomic mass is 19.4. The molecule has 0 saturated carbocycles. The Kier molecular flexibility index (Phi) is 3.37. The lowest BCUT2D eigenvalue weighted by Gasteiger charge is -2.06. The molecule has 0 aliphatic heterocycles. The molecule has 0 unspecified atom stereocenters. The summed E-state index contributed by atoms with van der Waals surface area (Å²) >= 11 is 0. The van der Waals surface area contributed by atoms with E-state index in [-0.39, 0.29) is 0 Å². The van der Waals surface area contributed by atoms with Crippen LogP contribution in [0.2, 0.25) is 0 Å². The fraction of sp³-hybridized carbons (Fsp3) is 0.429. The molecule has 2 aromatic rings. The van der Waals surface area contributed by atoms with Gasteiger partial charge in [0.1, 0.15) is 0 Å². The van der Waals surface area contributed by atoms with Crippen molar-refractivity contribution in [2.45, 2.75) is 39.3 Å². The minimum Gasteiger partial charge on any atom is -0.358 e. The maximum Gasteiger partial charge on any atom is 0.416 e. The monoisotopic (exact) mass is 255 g/mol. The number of aryl methyl sites for hydroxylation is 2. The molecule has 0 aliphatic carbocycles. The Hall–Kier alpha value is -1.45. The predicted octanol–water partition coefficient (Wildman–Crippen LogP) is 4.70. The SMILES string of the molecule is CCCc1[nH]c2ccc(C(F)(F)F)cc2c1CC. The molecular formula is C14H16F3N. The molecule has 0 bridgehead atoms. The topological polar surface area (TPSA) is 15.8 Å². The number of aromatic nitrogens is 1. The number of hydrogen-bond acceptors (Lipinski definition) is 0. The van der Waals surface area contributed by atoms with Crippen molar-refractivity contribution >= 4 is 10.9 Å². The van der Waals surface area contributed by atoms with Crippen LogP contribution in [0.5, 0.6) is 0 Å². The maximum absolute atomic E-state index is 12.7. The Morgan fingerprint density at radius 1 is 1.17 bits per heavy atom. The summed E-state index contributed by atoms with van der Waals surface area (Å²) in [6.45, 7) is 4.04. The van der Waals surface area contributed by atoms with Crippen molar-refractivity contribution in [1.29, 1.82) is 0 Å². The van der Waals surface area contributed by atoms with Crippen LogP contribution >= 0.6 is 0 Å². The summed E-state index contributed by atoms with van der Waals surface area (Å²) in [6.07, 6.45) is -1.68. The first-order chi connectivity index (χ1) is 8.47. The molecule has 0 spiro atoms. The van der Waals surface area contributed by atoms with Crippen LogP contribution in [0.25, 0.3) is 10.9 Å². The largest absolute Gasteiger partial charge is 0.416 e. The standard InChI is InChI=1S/C14H16F3N/c1-3-5-12-10(4-2)11-8-9(14(15,16)17)6-7-13(11)18-12/h6-8,18H,3-5H2,1-2H3.